The molecule has 39 valence electrons. The first kappa shape index (κ1) is 6.14. The third-order valence-electron chi connectivity index (χ3n) is 0.327. The van der Waals surface area contributed by atoms with Gasteiger partial charge in [0.1, 0.15) is 5.84 Å². The number of hydrogen-bond acceptors (Lipinski definition) is 2. The molecule has 0 aromatic rings. The fourth-order valence-corrected chi connectivity index (χ4v) is 0.212. The van der Waals surface area contributed by atoms with Crippen LogP contribution in [0.15, 0.2) is 0 Å². The van der Waals surface area contributed by atoms with E-state index in [0.29, 0.717) is 0 Å². The number of carbonyl (C=O) groups excluding carboxylic acids is 1. The van der Waals surface area contributed by atoms with Crippen LogP contribution in [0, 0.1) is 12.3 Å². The average molecular weight is 99.1 g/mol. The molecule has 3 heteroatoms. The van der Waals surface area contributed by atoms with E-state index in [1.54, 1.807) is 0 Å². The molecule has 0 atom stereocenters. The zero-order chi connectivity index (χ0) is 5.86. The van der Waals surface area contributed by atoms with E-state index in [9.17, 15) is 4.79 Å². The lowest BCUT2D eigenvalue weighted by Crippen LogP contribution is -2.24. The van der Waals surface area contributed by atoms with E-state index >= 15 is 0 Å². The highest BCUT2D eigenvalue weighted by molar-refractivity contribution is 5.97. The summed E-state index contributed by atoms with van der Waals surface area (Å²) in [6.45, 7) is 4.46. The van der Waals surface area contributed by atoms with E-state index in [1.165, 1.54) is 6.92 Å². The van der Waals surface area contributed by atoms with Crippen molar-refractivity contribution in [3.63, 3.8) is 0 Å². The fraction of sp³-hybridized carbons (Fsp3) is 0.250. The average Bonchev–Trinajstić information content (AvgIpc) is 1.27. The van der Waals surface area contributed by atoms with E-state index in [2.05, 4.69) is 12.2 Å². The molecule has 0 aliphatic heterocycles. The number of amides is 1. The van der Waals surface area contributed by atoms with Gasteiger partial charge in [-0.1, -0.05) is 0 Å². The quantitative estimate of drug-likeness (QED) is 0.324. The van der Waals surface area contributed by atoms with Gasteiger partial charge in [-0.15, -0.1) is 0 Å². The summed E-state index contributed by atoms with van der Waals surface area (Å²) in [7, 11) is 0. The Bertz CT molecular complexity index is 85.9. The molecule has 0 unspecified atom stereocenters. The zero-order valence-electron chi connectivity index (χ0n) is 4.12. The topological polar surface area (TPSA) is 53.0 Å². The predicted octanol–water partition coefficient (Wildman–Crippen LogP) is -0.0661. The number of nitrogens with one attached hydrogen (secondary N) is 2. The standard InChI is InChI=1S/C4H7N2O/c1-3(5)6-4(2)7/h1H2,2H3,(H2,5,6,7). The third-order valence-corrected chi connectivity index (χ3v) is 0.327. The molecule has 0 aromatic carbocycles. The molecule has 7 heavy (non-hydrogen) atoms. The van der Waals surface area contributed by atoms with Gasteiger partial charge in [-0.3, -0.25) is 10.2 Å². The normalized spacial score (nSPS) is 7.71. The largest absolute Gasteiger partial charge is 0.315 e. The molecule has 3 nitrogen and oxygen atoms in total. The molecule has 2 N–H and O–H groups in total. The number of amidine groups is 1. The highest BCUT2D eigenvalue weighted by Crippen LogP contribution is 1.59. The summed E-state index contributed by atoms with van der Waals surface area (Å²) in [5, 5.41) is 8.72. The molecule has 0 aliphatic rings. The minimum atomic E-state index is -0.250. The van der Waals surface area contributed by atoms with Crippen molar-refractivity contribution < 1.29 is 4.79 Å². The molecule has 0 rings (SSSR count). The molecule has 1 radical (unpaired) electrons. The molecule has 0 fully saturated rings. The summed E-state index contributed by atoms with van der Waals surface area (Å²) in [6, 6.07) is 0. The Balaban J connectivity index is 3.32. The van der Waals surface area contributed by atoms with Crippen LogP contribution in [0.25, 0.3) is 0 Å². The van der Waals surface area contributed by atoms with Gasteiger partial charge in [0.2, 0.25) is 5.91 Å². The summed E-state index contributed by atoms with van der Waals surface area (Å²) in [5.74, 6) is -0.312. The van der Waals surface area contributed by atoms with Crippen LogP contribution in [0.1, 0.15) is 6.92 Å². The molecule has 0 saturated heterocycles. The van der Waals surface area contributed by atoms with Crippen LogP contribution in [-0.2, 0) is 4.79 Å². The van der Waals surface area contributed by atoms with Gasteiger partial charge in [-0.05, 0) is 0 Å². The second kappa shape index (κ2) is 2.34. The Morgan fingerprint density at radius 1 is 1.86 bits per heavy atom. The maximum Gasteiger partial charge on any atom is 0.222 e. The van der Waals surface area contributed by atoms with Crippen LogP contribution in [0.5, 0.6) is 0 Å². The van der Waals surface area contributed by atoms with Crippen LogP contribution in [0.2, 0.25) is 0 Å². The Morgan fingerprint density at radius 3 is 2.29 bits per heavy atom. The maximum atomic E-state index is 9.96. The van der Waals surface area contributed by atoms with Crippen molar-refractivity contribution in [1.29, 1.82) is 5.41 Å². The number of rotatable bonds is 0. The van der Waals surface area contributed by atoms with Gasteiger partial charge >= 0.3 is 0 Å². The minimum absolute atomic E-state index is 0.0625. The highest BCUT2D eigenvalue weighted by atomic mass is 16.1. The number of carbonyl (C=O) groups is 1. The van der Waals surface area contributed by atoms with Crippen molar-refractivity contribution in [2.75, 3.05) is 0 Å². The van der Waals surface area contributed by atoms with Gasteiger partial charge in [-0.2, -0.15) is 0 Å². The zero-order valence-corrected chi connectivity index (χ0v) is 4.12. The molecule has 0 aromatic heterocycles. The summed E-state index contributed by atoms with van der Waals surface area (Å²) in [4.78, 5) is 9.96. The van der Waals surface area contributed by atoms with Crippen molar-refractivity contribution in [1.82, 2.24) is 5.32 Å². The van der Waals surface area contributed by atoms with Crippen molar-refractivity contribution in [3.8, 4) is 0 Å². The maximum absolute atomic E-state index is 9.96. The summed E-state index contributed by atoms with van der Waals surface area (Å²) >= 11 is 0. The van der Waals surface area contributed by atoms with Crippen molar-refractivity contribution in [3.05, 3.63) is 6.92 Å². The fourth-order valence-electron chi connectivity index (χ4n) is 0.212. The summed E-state index contributed by atoms with van der Waals surface area (Å²) in [6.07, 6.45) is 0. The first-order valence-electron chi connectivity index (χ1n) is 1.81. The lowest BCUT2D eigenvalue weighted by Gasteiger charge is -1.91. The van der Waals surface area contributed by atoms with E-state index in [1.807, 2.05) is 0 Å². The van der Waals surface area contributed by atoms with Gasteiger partial charge < -0.3 is 5.32 Å². The van der Waals surface area contributed by atoms with Crippen molar-refractivity contribution in [2.24, 2.45) is 0 Å². The molecule has 0 saturated carbocycles. The third kappa shape index (κ3) is 5.14. The van der Waals surface area contributed by atoms with Crippen molar-refractivity contribution in [2.45, 2.75) is 6.92 Å². The molecule has 0 spiro atoms. The monoisotopic (exact) mass is 99.1 g/mol. The number of hydrogen-bond donors (Lipinski definition) is 2. The van der Waals surface area contributed by atoms with E-state index < -0.39 is 0 Å². The molecular weight excluding hydrogens is 92.1 g/mol. The SMILES string of the molecule is [CH2]C(=N)NC(C)=O. The van der Waals surface area contributed by atoms with E-state index in [4.69, 9.17) is 5.41 Å². The van der Waals surface area contributed by atoms with Crippen LogP contribution in [0.4, 0.5) is 0 Å². The lowest BCUT2D eigenvalue weighted by atomic mass is 10.6. The van der Waals surface area contributed by atoms with Crippen molar-refractivity contribution >= 4 is 11.7 Å². The van der Waals surface area contributed by atoms with Crippen LogP contribution in [-0.4, -0.2) is 11.7 Å². The minimum Gasteiger partial charge on any atom is -0.315 e. The molecule has 0 aliphatic carbocycles. The van der Waals surface area contributed by atoms with Crippen LogP contribution >= 0.6 is 0 Å². The van der Waals surface area contributed by atoms with E-state index in [0.717, 1.165) is 0 Å². The second-order valence-electron chi connectivity index (χ2n) is 1.16. The lowest BCUT2D eigenvalue weighted by molar-refractivity contribution is -0.117. The van der Waals surface area contributed by atoms with Gasteiger partial charge in [0, 0.05) is 13.8 Å². The Hall–Kier alpha value is -0.860. The summed E-state index contributed by atoms with van der Waals surface area (Å²) in [5.41, 5.74) is 0. The molecule has 1 amide bonds. The van der Waals surface area contributed by atoms with E-state index in [-0.39, 0.29) is 11.7 Å². The smallest absolute Gasteiger partial charge is 0.222 e. The molecular formula is C4H7N2O. The predicted molar refractivity (Wildman–Crippen MR) is 26.9 cm³/mol. The second-order valence-corrected chi connectivity index (χ2v) is 1.16. The van der Waals surface area contributed by atoms with Gasteiger partial charge in [0.25, 0.3) is 0 Å². The van der Waals surface area contributed by atoms with Gasteiger partial charge in [0.05, 0.1) is 0 Å². The van der Waals surface area contributed by atoms with Gasteiger partial charge in [-0.25, -0.2) is 0 Å². The van der Waals surface area contributed by atoms with Crippen LogP contribution in [0.3, 0.4) is 0 Å². The first-order chi connectivity index (χ1) is 3.13. The first-order valence-corrected chi connectivity index (χ1v) is 1.81. The van der Waals surface area contributed by atoms with Gasteiger partial charge in [0.15, 0.2) is 0 Å². The molecule has 0 bridgehead atoms. The Morgan fingerprint density at radius 2 is 2.29 bits per heavy atom. The molecule has 0 heterocycles. The van der Waals surface area contributed by atoms with Crippen LogP contribution < -0.4 is 5.32 Å². The summed E-state index contributed by atoms with van der Waals surface area (Å²) < 4.78 is 0. The Labute approximate surface area is 42.2 Å². The Kier molecular flexibility index (Phi) is 2.05. The highest BCUT2D eigenvalue weighted by Gasteiger charge is 1.86.